The van der Waals surface area contributed by atoms with Gasteiger partial charge in [0.25, 0.3) is 0 Å². The molecule has 0 unspecified atom stereocenters. The van der Waals surface area contributed by atoms with Crippen LogP contribution in [-0.2, 0) is 6.54 Å². The fourth-order valence-corrected chi connectivity index (χ4v) is 3.60. The van der Waals surface area contributed by atoms with E-state index in [1.54, 1.807) is 0 Å². The molecular formula is C14H20BrNS. The maximum Gasteiger partial charge on any atom is 0.0208 e. The average Bonchev–Trinajstić information content (AvgIpc) is 2.37. The largest absolute Gasteiger partial charge is 0.310 e. The first kappa shape index (κ1) is 13.4. The van der Waals surface area contributed by atoms with E-state index in [2.05, 4.69) is 51.8 Å². The normalized spacial score (nSPS) is 24.8. The van der Waals surface area contributed by atoms with Gasteiger partial charge < -0.3 is 5.32 Å². The van der Waals surface area contributed by atoms with Crippen molar-refractivity contribution < 1.29 is 0 Å². The maximum absolute atomic E-state index is 3.68. The number of nitrogens with one attached hydrogen (secondary N) is 1. The summed E-state index contributed by atoms with van der Waals surface area (Å²) < 4.78 is 1.17. The quantitative estimate of drug-likeness (QED) is 0.893. The molecule has 1 aliphatic carbocycles. The molecular weight excluding hydrogens is 294 g/mol. The van der Waals surface area contributed by atoms with Gasteiger partial charge in [-0.2, -0.15) is 11.8 Å². The summed E-state index contributed by atoms with van der Waals surface area (Å²) in [4.78, 5) is 0. The summed E-state index contributed by atoms with van der Waals surface area (Å²) in [5, 5.41) is 4.58. The second-order valence-electron chi connectivity index (χ2n) is 4.72. The second kappa shape index (κ2) is 6.81. The molecule has 0 bridgehead atoms. The molecule has 0 aromatic heterocycles. The highest BCUT2D eigenvalue weighted by molar-refractivity contribution is 9.10. The van der Waals surface area contributed by atoms with Gasteiger partial charge in [-0.3, -0.25) is 0 Å². The van der Waals surface area contributed by atoms with E-state index in [9.17, 15) is 0 Å². The van der Waals surface area contributed by atoms with Crippen molar-refractivity contribution in [3.63, 3.8) is 0 Å². The van der Waals surface area contributed by atoms with E-state index in [0.29, 0.717) is 0 Å². The van der Waals surface area contributed by atoms with Gasteiger partial charge in [-0.05, 0) is 49.6 Å². The SMILES string of the molecule is CSC1CCC(NCc2cccc(Br)c2)CC1. The summed E-state index contributed by atoms with van der Waals surface area (Å²) in [7, 11) is 0. The monoisotopic (exact) mass is 313 g/mol. The Hall–Kier alpha value is 0.01000. The second-order valence-corrected chi connectivity index (χ2v) is 6.77. The highest BCUT2D eigenvalue weighted by atomic mass is 79.9. The predicted octanol–water partition coefficient (Wildman–Crippen LogP) is 4.21. The van der Waals surface area contributed by atoms with Crippen molar-refractivity contribution in [3.8, 4) is 0 Å². The van der Waals surface area contributed by atoms with Crippen molar-refractivity contribution in [2.45, 2.75) is 43.5 Å². The summed E-state index contributed by atoms with van der Waals surface area (Å²) >= 11 is 5.55. The van der Waals surface area contributed by atoms with Gasteiger partial charge in [0.05, 0.1) is 0 Å². The van der Waals surface area contributed by atoms with Crippen molar-refractivity contribution in [1.29, 1.82) is 0 Å². The molecule has 0 radical (unpaired) electrons. The van der Waals surface area contributed by atoms with Gasteiger partial charge in [-0.1, -0.05) is 28.1 Å². The summed E-state index contributed by atoms with van der Waals surface area (Å²) in [6.45, 7) is 0.994. The Labute approximate surface area is 117 Å². The molecule has 94 valence electrons. The minimum Gasteiger partial charge on any atom is -0.310 e. The minimum atomic E-state index is 0.720. The standard InChI is InChI=1S/C14H20BrNS/c1-17-14-7-5-13(6-8-14)16-10-11-3-2-4-12(15)9-11/h2-4,9,13-14,16H,5-8,10H2,1H3. The number of hydrogen-bond donors (Lipinski definition) is 1. The van der Waals surface area contributed by atoms with Crippen LogP contribution in [0.2, 0.25) is 0 Å². The lowest BCUT2D eigenvalue weighted by Crippen LogP contribution is -2.33. The first-order valence-electron chi connectivity index (χ1n) is 6.28. The fraction of sp³-hybridized carbons (Fsp3) is 0.571. The maximum atomic E-state index is 3.68. The molecule has 1 aliphatic rings. The lowest BCUT2D eigenvalue weighted by molar-refractivity contribution is 0.379. The van der Waals surface area contributed by atoms with E-state index in [1.807, 2.05) is 11.8 Å². The van der Waals surface area contributed by atoms with Crippen LogP contribution >= 0.6 is 27.7 Å². The molecule has 17 heavy (non-hydrogen) atoms. The first-order chi connectivity index (χ1) is 8.28. The molecule has 1 N–H and O–H groups in total. The molecule has 0 atom stereocenters. The summed E-state index contributed by atoms with van der Waals surface area (Å²) in [6.07, 6.45) is 7.65. The van der Waals surface area contributed by atoms with Gasteiger partial charge in [-0.15, -0.1) is 0 Å². The van der Waals surface area contributed by atoms with Crippen LogP contribution < -0.4 is 5.32 Å². The van der Waals surface area contributed by atoms with Gasteiger partial charge >= 0.3 is 0 Å². The van der Waals surface area contributed by atoms with Gasteiger partial charge in [0, 0.05) is 22.3 Å². The Morgan fingerprint density at radius 1 is 1.29 bits per heavy atom. The number of thioether (sulfide) groups is 1. The van der Waals surface area contributed by atoms with Crippen molar-refractivity contribution >= 4 is 27.7 Å². The molecule has 1 aromatic carbocycles. The number of halogens is 1. The Balaban J connectivity index is 1.76. The third-order valence-corrected chi connectivity index (χ3v) is 5.12. The third kappa shape index (κ3) is 4.31. The van der Waals surface area contributed by atoms with Crippen LogP contribution in [0, 0.1) is 0 Å². The Morgan fingerprint density at radius 3 is 2.71 bits per heavy atom. The molecule has 0 saturated heterocycles. The van der Waals surface area contributed by atoms with Crippen molar-refractivity contribution in [2.24, 2.45) is 0 Å². The summed E-state index contributed by atoms with van der Waals surface area (Å²) in [5.74, 6) is 0. The molecule has 1 saturated carbocycles. The zero-order chi connectivity index (χ0) is 12.1. The van der Waals surface area contributed by atoms with E-state index in [0.717, 1.165) is 17.8 Å². The van der Waals surface area contributed by atoms with E-state index in [-0.39, 0.29) is 0 Å². The van der Waals surface area contributed by atoms with Crippen LogP contribution in [0.4, 0.5) is 0 Å². The van der Waals surface area contributed by atoms with Crippen LogP contribution in [0.25, 0.3) is 0 Å². The lowest BCUT2D eigenvalue weighted by Gasteiger charge is -2.28. The smallest absolute Gasteiger partial charge is 0.0208 e. The molecule has 1 fully saturated rings. The van der Waals surface area contributed by atoms with Crippen LogP contribution in [0.3, 0.4) is 0 Å². The Bertz CT molecular complexity index is 348. The van der Waals surface area contributed by atoms with Crippen LogP contribution in [0.5, 0.6) is 0 Å². The van der Waals surface area contributed by atoms with Crippen molar-refractivity contribution in [1.82, 2.24) is 5.32 Å². The number of rotatable bonds is 4. The lowest BCUT2D eigenvalue weighted by atomic mass is 9.95. The Kier molecular flexibility index (Phi) is 5.39. The third-order valence-electron chi connectivity index (χ3n) is 3.49. The van der Waals surface area contributed by atoms with Crippen LogP contribution in [0.1, 0.15) is 31.2 Å². The molecule has 0 aliphatic heterocycles. The van der Waals surface area contributed by atoms with E-state index in [1.165, 1.54) is 35.7 Å². The molecule has 0 heterocycles. The van der Waals surface area contributed by atoms with Crippen LogP contribution in [-0.4, -0.2) is 17.5 Å². The summed E-state index contributed by atoms with van der Waals surface area (Å²) in [5.41, 5.74) is 1.37. The molecule has 1 nitrogen and oxygen atoms in total. The molecule has 1 aromatic rings. The zero-order valence-electron chi connectivity index (χ0n) is 10.3. The first-order valence-corrected chi connectivity index (χ1v) is 8.36. The van der Waals surface area contributed by atoms with Crippen molar-refractivity contribution in [3.05, 3.63) is 34.3 Å². The van der Waals surface area contributed by atoms with Gasteiger partial charge in [0.15, 0.2) is 0 Å². The van der Waals surface area contributed by atoms with E-state index in [4.69, 9.17) is 0 Å². The molecule has 0 amide bonds. The van der Waals surface area contributed by atoms with Crippen LogP contribution in [0.15, 0.2) is 28.7 Å². The highest BCUT2D eigenvalue weighted by Crippen LogP contribution is 2.27. The number of hydrogen-bond acceptors (Lipinski definition) is 2. The van der Waals surface area contributed by atoms with E-state index >= 15 is 0 Å². The van der Waals surface area contributed by atoms with Gasteiger partial charge in [0.2, 0.25) is 0 Å². The Morgan fingerprint density at radius 2 is 2.06 bits per heavy atom. The van der Waals surface area contributed by atoms with Gasteiger partial charge in [0.1, 0.15) is 0 Å². The zero-order valence-corrected chi connectivity index (χ0v) is 12.7. The fourth-order valence-electron chi connectivity index (χ4n) is 2.41. The predicted molar refractivity (Wildman–Crippen MR) is 80.5 cm³/mol. The number of benzene rings is 1. The molecule has 3 heteroatoms. The highest BCUT2D eigenvalue weighted by Gasteiger charge is 2.19. The molecule has 0 spiro atoms. The van der Waals surface area contributed by atoms with Crippen molar-refractivity contribution in [2.75, 3.05) is 6.26 Å². The van der Waals surface area contributed by atoms with E-state index < -0.39 is 0 Å². The summed E-state index contributed by atoms with van der Waals surface area (Å²) in [6, 6.07) is 9.28. The van der Waals surface area contributed by atoms with Gasteiger partial charge in [-0.25, -0.2) is 0 Å². The molecule has 2 rings (SSSR count). The average molecular weight is 314 g/mol. The topological polar surface area (TPSA) is 12.0 Å². The minimum absolute atomic E-state index is 0.720.